The molecule has 1 heterocycles. The third-order valence-corrected chi connectivity index (χ3v) is 3.34. The highest BCUT2D eigenvalue weighted by Gasteiger charge is 2.13. The zero-order valence-corrected chi connectivity index (χ0v) is 10.5. The summed E-state index contributed by atoms with van der Waals surface area (Å²) in [5.74, 6) is 0. The third kappa shape index (κ3) is 2.75. The summed E-state index contributed by atoms with van der Waals surface area (Å²) in [5.41, 5.74) is 1.72. The molecule has 1 aromatic carbocycles. The first-order valence-corrected chi connectivity index (χ1v) is 6.13. The van der Waals surface area contributed by atoms with Gasteiger partial charge in [-0.25, -0.2) is 0 Å². The monoisotopic (exact) mass is 280 g/mol. The number of nitrogens with zero attached hydrogens (tertiary/aromatic N) is 1. The van der Waals surface area contributed by atoms with Crippen LogP contribution in [0.3, 0.4) is 0 Å². The average Bonchev–Trinajstić information content (AvgIpc) is 2.31. The fraction of sp³-hybridized carbons (Fsp3) is 0.417. The van der Waals surface area contributed by atoms with Crippen molar-refractivity contribution in [3.8, 4) is 6.07 Å². The smallest absolute Gasteiger partial charge is 0.100 e. The van der Waals surface area contributed by atoms with Crippen molar-refractivity contribution in [3.63, 3.8) is 0 Å². The van der Waals surface area contributed by atoms with Crippen LogP contribution >= 0.6 is 15.9 Å². The Bertz CT molecular complexity index is 408. The lowest BCUT2D eigenvalue weighted by atomic mass is 10.1. The lowest BCUT2D eigenvalue weighted by molar-refractivity contribution is 0.0904. The molecule has 1 saturated heterocycles. The van der Waals surface area contributed by atoms with Crippen LogP contribution in [0, 0.1) is 11.3 Å². The highest BCUT2D eigenvalue weighted by atomic mass is 79.9. The molecule has 0 radical (unpaired) electrons. The fourth-order valence-corrected chi connectivity index (χ4v) is 2.24. The molecule has 3 nitrogen and oxygen atoms in total. The summed E-state index contributed by atoms with van der Waals surface area (Å²) in [4.78, 5) is 0. The molecule has 1 aromatic rings. The standard InChI is InChI=1S/C12H13BrN2O/c13-12-7-11(2-1-9(12)8-14)15-10-3-5-16-6-4-10/h1-2,7,10,15H,3-6H2. The molecule has 1 aliphatic heterocycles. The minimum absolute atomic E-state index is 0.480. The summed E-state index contributed by atoms with van der Waals surface area (Å²) in [6.07, 6.45) is 2.08. The first-order chi connectivity index (χ1) is 7.79. The normalized spacial score (nSPS) is 16.8. The van der Waals surface area contributed by atoms with Crippen LogP contribution in [0.4, 0.5) is 5.69 Å². The average molecular weight is 281 g/mol. The van der Waals surface area contributed by atoms with Crippen LogP contribution in [0.1, 0.15) is 18.4 Å². The maximum absolute atomic E-state index is 8.81. The first kappa shape index (κ1) is 11.4. The maximum Gasteiger partial charge on any atom is 0.100 e. The van der Waals surface area contributed by atoms with Gasteiger partial charge in [-0.05, 0) is 47.0 Å². The number of anilines is 1. The zero-order valence-electron chi connectivity index (χ0n) is 8.87. The number of hydrogen-bond acceptors (Lipinski definition) is 3. The molecule has 0 aliphatic carbocycles. The lowest BCUT2D eigenvalue weighted by Gasteiger charge is -2.24. The molecule has 1 N–H and O–H groups in total. The summed E-state index contributed by atoms with van der Waals surface area (Å²) < 4.78 is 6.15. The fourth-order valence-electron chi connectivity index (χ4n) is 1.77. The van der Waals surface area contributed by atoms with Gasteiger partial charge in [-0.15, -0.1) is 0 Å². The molecular formula is C12H13BrN2O. The van der Waals surface area contributed by atoms with Crippen molar-refractivity contribution < 1.29 is 4.74 Å². The second-order valence-electron chi connectivity index (χ2n) is 3.84. The number of benzene rings is 1. The molecule has 1 aliphatic rings. The van der Waals surface area contributed by atoms with E-state index in [9.17, 15) is 0 Å². The summed E-state index contributed by atoms with van der Waals surface area (Å²) in [7, 11) is 0. The van der Waals surface area contributed by atoms with Crippen LogP contribution in [0.15, 0.2) is 22.7 Å². The van der Waals surface area contributed by atoms with E-state index in [0.29, 0.717) is 11.6 Å². The van der Waals surface area contributed by atoms with E-state index < -0.39 is 0 Å². The summed E-state index contributed by atoms with van der Waals surface area (Å²) in [5, 5.41) is 12.3. The van der Waals surface area contributed by atoms with Crippen LogP contribution < -0.4 is 5.32 Å². The Kier molecular flexibility index (Phi) is 3.81. The van der Waals surface area contributed by atoms with Crippen molar-refractivity contribution in [2.24, 2.45) is 0 Å². The first-order valence-electron chi connectivity index (χ1n) is 5.33. The predicted molar refractivity (Wildman–Crippen MR) is 66.3 cm³/mol. The van der Waals surface area contributed by atoms with Crippen LogP contribution in [0.2, 0.25) is 0 Å². The van der Waals surface area contributed by atoms with E-state index in [1.807, 2.05) is 18.2 Å². The van der Waals surface area contributed by atoms with Gasteiger partial charge in [0.2, 0.25) is 0 Å². The Morgan fingerprint density at radius 3 is 2.75 bits per heavy atom. The van der Waals surface area contributed by atoms with Gasteiger partial charge in [0.25, 0.3) is 0 Å². The van der Waals surface area contributed by atoms with Gasteiger partial charge < -0.3 is 10.1 Å². The van der Waals surface area contributed by atoms with E-state index in [-0.39, 0.29) is 0 Å². The molecule has 4 heteroatoms. The molecular weight excluding hydrogens is 268 g/mol. The number of halogens is 1. The number of ether oxygens (including phenoxy) is 1. The van der Waals surface area contributed by atoms with Gasteiger partial charge in [-0.1, -0.05) is 0 Å². The molecule has 0 amide bonds. The highest BCUT2D eigenvalue weighted by molar-refractivity contribution is 9.10. The van der Waals surface area contributed by atoms with Crippen molar-refractivity contribution in [3.05, 3.63) is 28.2 Å². The Hall–Kier alpha value is -1.05. The van der Waals surface area contributed by atoms with E-state index >= 15 is 0 Å². The number of nitriles is 1. The Morgan fingerprint density at radius 2 is 2.12 bits per heavy atom. The molecule has 16 heavy (non-hydrogen) atoms. The second kappa shape index (κ2) is 5.33. The van der Waals surface area contributed by atoms with Gasteiger partial charge in [-0.3, -0.25) is 0 Å². The molecule has 0 aromatic heterocycles. The second-order valence-corrected chi connectivity index (χ2v) is 4.69. The molecule has 84 valence electrons. The van der Waals surface area contributed by atoms with Crippen molar-refractivity contribution in [2.75, 3.05) is 18.5 Å². The molecule has 0 unspecified atom stereocenters. The van der Waals surface area contributed by atoms with Crippen LogP contribution in [-0.2, 0) is 4.74 Å². The van der Waals surface area contributed by atoms with Gasteiger partial charge in [0.05, 0.1) is 5.56 Å². The molecule has 1 fully saturated rings. The van der Waals surface area contributed by atoms with Gasteiger partial charge in [0.15, 0.2) is 0 Å². The van der Waals surface area contributed by atoms with Gasteiger partial charge in [0.1, 0.15) is 6.07 Å². The summed E-state index contributed by atoms with van der Waals surface area (Å²) in [6.45, 7) is 1.66. The summed E-state index contributed by atoms with van der Waals surface area (Å²) in [6, 6.07) is 8.33. The quantitative estimate of drug-likeness (QED) is 0.906. The van der Waals surface area contributed by atoms with Crippen LogP contribution in [-0.4, -0.2) is 19.3 Å². The Morgan fingerprint density at radius 1 is 1.38 bits per heavy atom. The van der Waals surface area contributed by atoms with E-state index in [4.69, 9.17) is 10.00 Å². The topological polar surface area (TPSA) is 45.0 Å². The molecule has 0 spiro atoms. The molecule has 0 bridgehead atoms. The van der Waals surface area contributed by atoms with Gasteiger partial charge in [-0.2, -0.15) is 5.26 Å². The number of nitrogens with one attached hydrogen (secondary N) is 1. The largest absolute Gasteiger partial charge is 0.382 e. The third-order valence-electron chi connectivity index (χ3n) is 2.68. The van der Waals surface area contributed by atoms with Gasteiger partial charge in [0, 0.05) is 29.4 Å². The summed E-state index contributed by atoms with van der Waals surface area (Å²) >= 11 is 3.38. The minimum atomic E-state index is 0.480. The molecule has 2 rings (SSSR count). The number of rotatable bonds is 2. The maximum atomic E-state index is 8.81. The minimum Gasteiger partial charge on any atom is -0.382 e. The van der Waals surface area contributed by atoms with Crippen molar-refractivity contribution in [1.82, 2.24) is 0 Å². The Balaban J connectivity index is 2.04. The predicted octanol–water partition coefficient (Wildman–Crippen LogP) is 2.91. The van der Waals surface area contributed by atoms with E-state index in [0.717, 1.165) is 36.2 Å². The van der Waals surface area contributed by atoms with Gasteiger partial charge >= 0.3 is 0 Å². The lowest BCUT2D eigenvalue weighted by Crippen LogP contribution is -2.27. The van der Waals surface area contributed by atoms with Crippen molar-refractivity contribution in [1.29, 1.82) is 5.26 Å². The number of hydrogen-bond donors (Lipinski definition) is 1. The highest BCUT2D eigenvalue weighted by Crippen LogP contribution is 2.22. The van der Waals surface area contributed by atoms with Crippen LogP contribution in [0.5, 0.6) is 0 Å². The van der Waals surface area contributed by atoms with Crippen LogP contribution in [0.25, 0.3) is 0 Å². The van der Waals surface area contributed by atoms with Crippen molar-refractivity contribution >= 4 is 21.6 Å². The van der Waals surface area contributed by atoms with E-state index in [2.05, 4.69) is 27.3 Å². The molecule has 0 saturated carbocycles. The zero-order chi connectivity index (χ0) is 11.4. The Labute approximate surface area is 104 Å². The van der Waals surface area contributed by atoms with E-state index in [1.54, 1.807) is 0 Å². The van der Waals surface area contributed by atoms with E-state index in [1.165, 1.54) is 0 Å². The SMILES string of the molecule is N#Cc1ccc(NC2CCOCC2)cc1Br. The molecule has 0 atom stereocenters. The van der Waals surface area contributed by atoms with Crippen molar-refractivity contribution in [2.45, 2.75) is 18.9 Å².